The molecule has 0 aliphatic carbocycles. The van der Waals surface area contributed by atoms with Crippen molar-refractivity contribution in [3.8, 4) is 0 Å². The van der Waals surface area contributed by atoms with Crippen LogP contribution >= 0.6 is 0 Å². The minimum Gasteiger partial charge on any atom is -0.390 e. The van der Waals surface area contributed by atoms with Gasteiger partial charge in [0, 0.05) is 5.92 Å². The van der Waals surface area contributed by atoms with E-state index in [0.29, 0.717) is 6.42 Å². The van der Waals surface area contributed by atoms with E-state index in [1.165, 1.54) is 6.92 Å². The van der Waals surface area contributed by atoms with Crippen LogP contribution < -0.4 is 0 Å². The van der Waals surface area contributed by atoms with Crippen molar-refractivity contribution in [2.45, 2.75) is 44.9 Å². The van der Waals surface area contributed by atoms with Gasteiger partial charge >= 0.3 is 0 Å². The minimum atomic E-state index is -1.39. The normalized spacial score (nSPS) is 43.6. The van der Waals surface area contributed by atoms with Crippen LogP contribution in [0.3, 0.4) is 0 Å². The average Bonchev–Trinajstić information content (AvgIpc) is 2.12. The lowest BCUT2D eigenvalue weighted by Gasteiger charge is -2.39. The third kappa shape index (κ3) is 1.95. The topological polar surface area (TPSA) is 87.0 Å². The molecular formula is C9H16O5. The van der Waals surface area contributed by atoms with Gasteiger partial charge in [-0.2, -0.15) is 0 Å². The Kier molecular flexibility index (Phi) is 3.60. The molecule has 0 aromatic rings. The second-order valence-electron chi connectivity index (χ2n) is 3.61. The molecule has 1 saturated heterocycles. The Bertz CT molecular complexity index is 217. The molecule has 3 N–H and O–H groups in total. The number of ether oxygens (including phenoxy) is 1. The van der Waals surface area contributed by atoms with Crippen LogP contribution in [0.4, 0.5) is 0 Å². The van der Waals surface area contributed by atoms with Crippen LogP contribution in [0.15, 0.2) is 0 Å². The Morgan fingerprint density at radius 1 is 1.29 bits per heavy atom. The van der Waals surface area contributed by atoms with Gasteiger partial charge in [-0.1, -0.05) is 6.92 Å². The van der Waals surface area contributed by atoms with Gasteiger partial charge in [0.2, 0.25) is 0 Å². The highest BCUT2D eigenvalue weighted by Crippen LogP contribution is 2.27. The standard InChI is InChI=1S/C9H16O5/c1-3-5-6(11)8(4(2)10)14-9(13)7(5)12/h5-9,11-13H,3H2,1-2H3. The number of hydrogen-bond acceptors (Lipinski definition) is 5. The summed E-state index contributed by atoms with van der Waals surface area (Å²) in [4.78, 5) is 11.0. The number of ketones is 1. The molecule has 0 aromatic carbocycles. The summed E-state index contributed by atoms with van der Waals surface area (Å²) in [6, 6.07) is 0. The summed E-state index contributed by atoms with van der Waals surface area (Å²) in [5, 5.41) is 28.4. The summed E-state index contributed by atoms with van der Waals surface area (Å²) in [7, 11) is 0. The summed E-state index contributed by atoms with van der Waals surface area (Å²) in [6.07, 6.45) is -4.12. The molecule has 0 bridgehead atoms. The predicted octanol–water partition coefficient (Wildman–Crippen LogP) is -0.959. The molecule has 0 radical (unpaired) electrons. The summed E-state index contributed by atoms with van der Waals surface area (Å²) < 4.78 is 4.81. The molecule has 0 aromatic heterocycles. The molecule has 82 valence electrons. The SMILES string of the molecule is CCC1C(O)C(O)OC(C(C)=O)C1O. The summed E-state index contributed by atoms with van der Waals surface area (Å²) in [6.45, 7) is 3.05. The van der Waals surface area contributed by atoms with Gasteiger partial charge in [0.05, 0.1) is 6.10 Å². The van der Waals surface area contributed by atoms with Crippen molar-refractivity contribution < 1.29 is 24.9 Å². The fourth-order valence-electron chi connectivity index (χ4n) is 1.77. The fraction of sp³-hybridized carbons (Fsp3) is 0.889. The maximum Gasteiger partial charge on any atom is 0.182 e. The van der Waals surface area contributed by atoms with Crippen LogP contribution in [0.5, 0.6) is 0 Å². The summed E-state index contributed by atoms with van der Waals surface area (Å²) in [5.41, 5.74) is 0. The molecule has 5 nitrogen and oxygen atoms in total. The van der Waals surface area contributed by atoms with Crippen LogP contribution in [0.2, 0.25) is 0 Å². The first-order chi connectivity index (χ1) is 6.49. The fourth-order valence-corrected chi connectivity index (χ4v) is 1.77. The number of Topliss-reactive ketones (excluding diaryl/α,β-unsaturated/α-hetero) is 1. The lowest BCUT2D eigenvalue weighted by molar-refractivity contribution is -0.261. The van der Waals surface area contributed by atoms with E-state index in [-0.39, 0.29) is 5.78 Å². The Hall–Kier alpha value is -0.490. The van der Waals surface area contributed by atoms with Gasteiger partial charge in [-0.3, -0.25) is 4.79 Å². The van der Waals surface area contributed by atoms with E-state index in [1.807, 2.05) is 0 Å². The molecule has 1 aliphatic heterocycles. The molecule has 0 amide bonds. The third-order valence-corrected chi connectivity index (χ3v) is 2.64. The maximum absolute atomic E-state index is 11.0. The van der Waals surface area contributed by atoms with Gasteiger partial charge in [-0.15, -0.1) is 0 Å². The highest BCUT2D eigenvalue weighted by atomic mass is 16.6. The summed E-state index contributed by atoms with van der Waals surface area (Å²) in [5.74, 6) is -0.866. The molecule has 1 fully saturated rings. The third-order valence-electron chi connectivity index (χ3n) is 2.64. The number of aliphatic hydroxyl groups excluding tert-OH is 3. The smallest absolute Gasteiger partial charge is 0.182 e. The first-order valence-corrected chi connectivity index (χ1v) is 4.69. The Balaban J connectivity index is 2.80. The molecule has 5 heteroatoms. The Morgan fingerprint density at radius 3 is 2.29 bits per heavy atom. The van der Waals surface area contributed by atoms with Gasteiger partial charge in [0.25, 0.3) is 0 Å². The maximum atomic E-state index is 11.0. The van der Waals surface area contributed by atoms with Gasteiger partial charge in [-0.05, 0) is 13.3 Å². The van der Waals surface area contributed by atoms with Crippen molar-refractivity contribution in [1.29, 1.82) is 0 Å². The number of carbonyl (C=O) groups is 1. The lowest BCUT2D eigenvalue weighted by Crippen LogP contribution is -2.56. The van der Waals surface area contributed by atoms with E-state index < -0.39 is 30.5 Å². The zero-order valence-electron chi connectivity index (χ0n) is 8.25. The quantitative estimate of drug-likeness (QED) is 0.539. The van der Waals surface area contributed by atoms with Crippen LogP contribution in [-0.2, 0) is 9.53 Å². The number of rotatable bonds is 2. The van der Waals surface area contributed by atoms with Crippen molar-refractivity contribution in [2.24, 2.45) is 5.92 Å². The Labute approximate surface area is 82.3 Å². The molecule has 1 heterocycles. The second kappa shape index (κ2) is 4.35. The first kappa shape index (κ1) is 11.6. The molecule has 5 atom stereocenters. The first-order valence-electron chi connectivity index (χ1n) is 4.69. The van der Waals surface area contributed by atoms with Crippen molar-refractivity contribution in [3.63, 3.8) is 0 Å². The minimum absolute atomic E-state index is 0.345. The van der Waals surface area contributed by atoms with E-state index in [4.69, 9.17) is 4.74 Å². The molecule has 14 heavy (non-hydrogen) atoms. The van der Waals surface area contributed by atoms with Gasteiger partial charge in [0.15, 0.2) is 12.1 Å². The number of hydrogen-bond donors (Lipinski definition) is 3. The number of aliphatic hydroxyl groups is 3. The van der Waals surface area contributed by atoms with Crippen molar-refractivity contribution in [1.82, 2.24) is 0 Å². The largest absolute Gasteiger partial charge is 0.390 e. The number of carbonyl (C=O) groups excluding carboxylic acids is 1. The van der Waals surface area contributed by atoms with Gasteiger partial charge < -0.3 is 20.1 Å². The zero-order chi connectivity index (χ0) is 10.9. The van der Waals surface area contributed by atoms with E-state index in [9.17, 15) is 20.1 Å². The molecule has 5 unspecified atom stereocenters. The average molecular weight is 204 g/mol. The molecule has 0 saturated carbocycles. The van der Waals surface area contributed by atoms with Crippen molar-refractivity contribution >= 4 is 5.78 Å². The van der Waals surface area contributed by atoms with Crippen LogP contribution in [0.1, 0.15) is 20.3 Å². The van der Waals surface area contributed by atoms with Crippen molar-refractivity contribution in [3.05, 3.63) is 0 Å². The second-order valence-corrected chi connectivity index (χ2v) is 3.61. The Morgan fingerprint density at radius 2 is 1.86 bits per heavy atom. The highest BCUT2D eigenvalue weighted by Gasteiger charge is 2.44. The predicted molar refractivity (Wildman–Crippen MR) is 47.4 cm³/mol. The monoisotopic (exact) mass is 204 g/mol. The van der Waals surface area contributed by atoms with Gasteiger partial charge in [0.1, 0.15) is 12.2 Å². The van der Waals surface area contributed by atoms with Crippen LogP contribution in [0, 0.1) is 5.92 Å². The molecule has 1 rings (SSSR count). The molecule has 0 spiro atoms. The van der Waals surface area contributed by atoms with Crippen LogP contribution in [-0.4, -0.2) is 45.7 Å². The highest BCUT2D eigenvalue weighted by molar-refractivity contribution is 5.81. The van der Waals surface area contributed by atoms with E-state index in [0.717, 1.165) is 0 Å². The van der Waals surface area contributed by atoms with E-state index in [1.54, 1.807) is 6.92 Å². The van der Waals surface area contributed by atoms with Crippen molar-refractivity contribution in [2.75, 3.05) is 0 Å². The summed E-state index contributed by atoms with van der Waals surface area (Å²) >= 11 is 0. The molecule has 1 aliphatic rings. The van der Waals surface area contributed by atoms with E-state index in [2.05, 4.69) is 0 Å². The van der Waals surface area contributed by atoms with Gasteiger partial charge in [-0.25, -0.2) is 0 Å². The van der Waals surface area contributed by atoms with E-state index >= 15 is 0 Å². The lowest BCUT2D eigenvalue weighted by atomic mass is 9.86. The zero-order valence-corrected chi connectivity index (χ0v) is 8.25. The molecular weight excluding hydrogens is 188 g/mol. The van der Waals surface area contributed by atoms with Crippen LogP contribution in [0.25, 0.3) is 0 Å².